The minimum atomic E-state index is -4.03. The van der Waals surface area contributed by atoms with E-state index in [0.29, 0.717) is 5.56 Å². The molecule has 0 unspecified atom stereocenters. The van der Waals surface area contributed by atoms with E-state index >= 15 is 0 Å². The zero-order valence-corrected chi connectivity index (χ0v) is 12.4. The van der Waals surface area contributed by atoms with Crippen molar-refractivity contribution in [2.75, 3.05) is 11.8 Å². The second-order valence-electron chi connectivity index (χ2n) is 3.98. The van der Waals surface area contributed by atoms with Crippen molar-refractivity contribution in [2.24, 2.45) is 0 Å². The average Bonchev–Trinajstić information content (AvgIpc) is 2.44. The van der Waals surface area contributed by atoms with Gasteiger partial charge in [-0.15, -0.1) is 5.10 Å². The summed E-state index contributed by atoms with van der Waals surface area (Å²) in [5.74, 6) is -1.03. The van der Waals surface area contributed by atoms with Gasteiger partial charge >= 0.3 is 0 Å². The third-order valence-electron chi connectivity index (χ3n) is 2.46. The maximum atomic E-state index is 13.7. The van der Waals surface area contributed by atoms with E-state index in [9.17, 15) is 12.8 Å². The van der Waals surface area contributed by atoms with Crippen LogP contribution in [0.1, 0.15) is 5.56 Å². The zero-order valence-electron chi connectivity index (χ0n) is 10.8. The molecule has 0 radical (unpaired) electrons. The summed E-state index contributed by atoms with van der Waals surface area (Å²) < 4.78 is 40.2. The fourth-order valence-corrected chi connectivity index (χ4v) is 2.75. The molecule has 0 atom stereocenters. The van der Waals surface area contributed by atoms with Gasteiger partial charge in [0.15, 0.2) is 0 Å². The van der Waals surface area contributed by atoms with Gasteiger partial charge in [0.1, 0.15) is 5.82 Å². The number of anilines is 1. The highest BCUT2D eigenvalue weighted by atomic mass is 35.5. The van der Waals surface area contributed by atoms with Crippen LogP contribution in [0.2, 0.25) is 5.02 Å². The number of sulfonamides is 1. The van der Waals surface area contributed by atoms with E-state index in [4.69, 9.17) is 11.6 Å². The standard InChI is InChI=1S/C11H11ClFN5O2S/c1-14-6-7-4-8(5-9(13)10(7)12)21(19,20)18-11-15-2-3-16-17-11/h2-5,14H,6H2,1H3,(H,15,17,18). The van der Waals surface area contributed by atoms with Gasteiger partial charge in [-0.2, -0.15) is 5.10 Å². The molecule has 0 saturated heterocycles. The first-order valence-corrected chi connectivity index (χ1v) is 7.59. The quantitative estimate of drug-likeness (QED) is 0.854. The molecule has 0 saturated carbocycles. The highest BCUT2D eigenvalue weighted by Gasteiger charge is 2.20. The lowest BCUT2D eigenvalue weighted by Crippen LogP contribution is -2.16. The topological polar surface area (TPSA) is 96.9 Å². The molecule has 0 aliphatic heterocycles. The van der Waals surface area contributed by atoms with Crippen molar-refractivity contribution < 1.29 is 12.8 Å². The first kappa shape index (κ1) is 15.5. The normalized spacial score (nSPS) is 11.4. The van der Waals surface area contributed by atoms with E-state index in [1.54, 1.807) is 7.05 Å². The molecule has 1 aromatic heterocycles. The Balaban J connectivity index is 2.40. The summed E-state index contributed by atoms with van der Waals surface area (Å²) in [6.45, 7) is 0.225. The van der Waals surface area contributed by atoms with Crippen molar-refractivity contribution >= 4 is 27.6 Å². The van der Waals surface area contributed by atoms with Gasteiger partial charge in [-0.05, 0) is 24.7 Å². The number of rotatable bonds is 5. The van der Waals surface area contributed by atoms with E-state index in [2.05, 4.69) is 25.2 Å². The van der Waals surface area contributed by atoms with Crippen molar-refractivity contribution in [1.29, 1.82) is 0 Å². The Bertz CT molecular complexity index is 742. The van der Waals surface area contributed by atoms with E-state index < -0.39 is 15.8 Å². The monoisotopic (exact) mass is 331 g/mol. The van der Waals surface area contributed by atoms with E-state index in [1.165, 1.54) is 18.5 Å². The summed E-state index contributed by atoms with van der Waals surface area (Å²) >= 11 is 5.79. The largest absolute Gasteiger partial charge is 0.316 e. The lowest BCUT2D eigenvalue weighted by Gasteiger charge is -2.10. The lowest BCUT2D eigenvalue weighted by atomic mass is 10.2. The summed E-state index contributed by atoms with van der Waals surface area (Å²) in [7, 11) is -2.40. The van der Waals surface area contributed by atoms with Gasteiger partial charge in [-0.3, -0.25) is 0 Å². The molecule has 0 aliphatic rings. The summed E-state index contributed by atoms with van der Waals surface area (Å²) in [5.41, 5.74) is 0.326. The molecule has 2 N–H and O–H groups in total. The number of aromatic nitrogens is 3. The van der Waals surface area contributed by atoms with Crippen LogP contribution in [0.5, 0.6) is 0 Å². The SMILES string of the molecule is CNCc1cc(S(=O)(=O)Nc2nccnn2)cc(F)c1Cl. The van der Waals surface area contributed by atoms with Gasteiger partial charge in [-0.1, -0.05) is 11.6 Å². The molecule has 0 aliphatic carbocycles. The Morgan fingerprint density at radius 3 is 2.71 bits per heavy atom. The van der Waals surface area contributed by atoms with E-state index in [-0.39, 0.29) is 22.4 Å². The Morgan fingerprint density at radius 2 is 2.10 bits per heavy atom. The molecule has 0 bridgehead atoms. The van der Waals surface area contributed by atoms with Crippen molar-refractivity contribution in [3.63, 3.8) is 0 Å². The van der Waals surface area contributed by atoms with Gasteiger partial charge in [0.05, 0.1) is 22.3 Å². The number of halogens is 2. The van der Waals surface area contributed by atoms with Crippen molar-refractivity contribution in [3.8, 4) is 0 Å². The van der Waals surface area contributed by atoms with E-state index in [1.807, 2.05) is 0 Å². The Kier molecular flexibility index (Phi) is 4.66. The molecule has 7 nitrogen and oxygen atoms in total. The Morgan fingerprint density at radius 1 is 1.33 bits per heavy atom. The number of benzene rings is 1. The fourth-order valence-electron chi connectivity index (χ4n) is 1.57. The van der Waals surface area contributed by atoms with Crippen LogP contribution in [0, 0.1) is 5.82 Å². The van der Waals surface area contributed by atoms with Crippen LogP contribution in [-0.4, -0.2) is 30.6 Å². The van der Waals surface area contributed by atoms with Crippen molar-refractivity contribution in [2.45, 2.75) is 11.4 Å². The molecule has 112 valence electrons. The van der Waals surface area contributed by atoms with Gasteiger partial charge in [0.2, 0.25) is 0 Å². The van der Waals surface area contributed by atoms with Gasteiger partial charge < -0.3 is 5.32 Å². The zero-order chi connectivity index (χ0) is 15.5. The van der Waals surface area contributed by atoms with Crippen molar-refractivity contribution in [1.82, 2.24) is 20.5 Å². The first-order chi connectivity index (χ1) is 9.94. The molecular formula is C11H11ClFN5O2S. The second kappa shape index (κ2) is 6.29. The van der Waals surface area contributed by atoms with Crippen LogP contribution in [0.15, 0.2) is 29.4 Å². The molecule has 2 rings (SSSR count). The molecule has 10 heteroatoms. The Labute approximate surface area is 125 Å². The smallest absolute Gasteiger partial charge is 0.264 e. The molecule has 0 fully saturated rings. The Hall–Kier alpha value is -1.84. The van der Waals surface area contributed by atoms with Crippen LogP contribution in [-0.2, 0) is 16.6 Å². The van der Waals surface area contributed by atoms with Gasteiger partial charge in [-0.25, -0.2) is 22.5 Å². The third-order valence-corrected chi connectivity index (χ3v) is 4.19. The van der Waals surface area contributed by atoms with Crippen LogP contribution >= 0.6 is 11.6 Å². The van der Waals surface area contributed by atoms with Crippen LogP contribution in [0.25, 0.3) is 0 Å². The predicted molar refractivity (Wildman–Crippen MR) is 74.8 cm³/mol. The predicted octanol–water partition coefficient (Wildman–Crippen LogP) is 1.18. The maximum absolute atomic E-state index is 13.7. The number of hydrogen-bond donors (Lipinski definition) is 2. The van der Waals surface area contributed by atoms with Crippen molar-refractivity contribution in [3.05, 3.63) is 40.9 Å². The molecule has 2 aromatic rings. The molecule has 1 heterocycles. The molecular weight excluding hydrogens is 321 g/mol. The first-order valence-electron chi connectivity index (χ1n) is 5.73. The van der Waals surface area contributed by atoms with Crippen LogP contribution < -0.4 is 10.0 Å². The fraction of sp³-hybridized carbons (Fsp3) is 0.182. The minimum absolute atomic E-state index is 0.124. The molecule has 21 heavy (non-hydrogen) atoms. The molecule has 1 aromatic carbocycles. The third kappa shape index (κ3) is 3.63. The van der Waals surface area contributed by atoms with Gasteiger partial charge in [0.25, 0.3) is 16.0 Å². The molecule has 0 amide bonds. The van der Waals surface area contributed by atoms with Gasteiger partial charge in [0, 0.05) is 6.54 Å². The maximum Gasteiger partial charge on any atom is 0.264 e. The van der Waals surface area contributed by atoms with Crippen LogP contribution in [0.4, 0.5) is 10.3 Å². The second-order valence-corrected chi connectivity index (χ2v) is 6.04. The lowest BCUT2D eigenvalue weighted by molar-refractivity contribution is 0.593. The number of nitrogens with zero attached hydrogens (tertiary/aromatic N) is 3. The highest BCUT2D eigenvalue weighted by molar-refractivity contribution is 7.92. The summed E-state index contributed by atoms with van der Waals surface area (Å²) in [6.07, 6.45) is 2.57. The van der Waals surface area contributed by atoms with Crippen LogP contribution in [0.3, 0.4) is 0 Å². The summed E-state index contributed by atoms with van der Waals surface area (Å²) in [4.78, 5) is 3.42. The summed E-state index contributed by atoms with van der Waals surface area (Å²) in [5, 5.41) is 9.66. The van der Waals surface area contributed by atoms with E-state index in [0.717, 1.165) is 6.07 Å². The average molecular weight is 332 g/mol. The summed E-state index contributed by atoms with van der Waals surface area (Å²) in [6, 6.07) is 2.11. The highest BCUT2D eigenvalue weighted by Crippen LogP contribution is 2.25. The minimum Gasteiger partial charge on any atom is -0.316 e. The number of hydrogen-bond acceptors (Lipinski definition) is 6. The molecule has 0 spiro atoms. The number of nitrogens with one attached hydrogen (secondary N) is 2.